The maximum absolute atomic E-state index is 8.91. The molecule has 0 aromatic heterocycles. The molecular formula is C15H13N. The van der Waals surface area contributed by atoms with Crippen LogP contribution in [0.2, 0.25) is 0 Å². The summed E-state index contributed by atoms with van der Waals surface area (Å²) in [7, 11) is 0. The molecule has 0 N–H and O–H groups in total. The van der Waals surface area contributed by atoms with E-state index < -0.39 is 0 Å². The topological polar surface area (TPSA) is 23.8 Å². The van der Waals surface area contributed by atoms with Gasteiger partial charge in [-0.05, 0) is 11.1 Å². The van der Waals surface area contributed by atoms with Crippen LogP contribution >= 0.6 is 0 Å². The van der Waals surface area contributed by atoms with Gasteiger partial charge in [0.25, 0.3) is 0 Å². The lowest BCUT2D eigenvalue weighted by Gasteiger charge is -2.14. The summed E-state index contributed by atoms with van der Waals surface area (Å²) in [5.74, 6) is 0.187. The number of hydrogen-bond donors (Lipinski definition) is 0. The van der Waals surface area contributed by atoms with Crippen molar-refractivity contribution in [3.63, 3.8) is 0 Å². The Morgan fingerprint density at radius 2 is 1.25 bits per heavy atom. The Balaban J connectivity index is 2.36. The largest absolute Gasteiger partial charge is 0.198 e. The highest BCUT2D eigenvalue weighted by Gasteiger charge is 2.12. The van der Waals surface area contributed by atoms with E-state index in [2.05, 4.69) is 30.3 Å². The SMILES string of the molecule is N#CCC(c1ccccc1)c1ccccc1. The van der Waals surface area contributed by atoms with Crippen LogP contribution in [0.3, 0.4) is 0 Å². The Hall–Kier alpha value is -2.07. The summed E-state index contributed by atoms with van der Waals surface area (Å²) in [5.41, 5.74) is 2.41. The first-order chi connectivity index (χ1) is 7.92. The summed E-state index contributed by atoms with van der Waals surface area (Å²) in [6, 6.07) is 22.6. The van der Waals surface area contributed by atoms with Crippen molar-refractivity contribution >= 4 is 0 Å². The van der Waals surface area contributed by atoms with Gasteiger partial charge in [-0.3, -0.25) is 0 Å². The molecule has 0 aliphatic heterocycles. The van der Waals surface area contributed by atoms with Gasteiger partial charge in [-0.2, -0.15) is 5.26 Å². The Morgan fingerprint density at radius 3 is 1.62 bits per heavy atom. The summed E-state index contributed by atoms with van der Waals surface area (Å²) < 4.78 is 0. The van der Waals surface area contributed by atoms with Crippen LogP contribution in [0.25, 0.3) is 0 Å². The van der Waals surface area contributed by atoms with E-state index in [9.17, 15) is 0 Å². The summed E-state index contributed by atoms with van der Waals surface area (Å²) >= 11 is 0. The first kappa shape index (κ1) is 10.4. The Labute approximate surface area is 96.0 Å². The molecule has 1 heteroatoms. The van der Waals surface area contributed by atoms with Crippen molar-refractivity contribution in [1.29, 1.82) is 5.26 Å². The molecule has 0 aliphatic rings. The lowest BCUT2D eigenvalue weighted by molar-refractivity contribution is 0.838. The summed E-state index contributed by atoms with van der Waals surface area (Å²) in [4.78, 5) is 0. The van der Waals surface area contributed by atoms with E-state index in [0.717, 1.165) is 0 Å². The minimum atomic E-state index is 0.187. The lowest BCUT2D eigenvalue weighted by Crippen LogP contribution is -1.99. The molecule has 0 radical (unpaired) electrons. The second kappa shape index (κ2) is 5.14. The van der Waals surface area contributed by atoms with Gasteiger partial charge >= 0.3 is 0 Å². The third kappa shape index (κ3) is 2.29. The normalized spacial score (nSPS) is 10.0. The third-order valence-corrected chi connectivity index (χ3v) is 2.70. The van der Waals surface area contributed by atoms with E-state index in [1.54, 1.807) is 0 Å². The predicted octanol–water partition coefficient (Wildman–Crippen LogP) is 3.73. The number of rotatable bonds is 3. The molecule has 0 amide bonds. The molecule has 0 heterocycles. The van der Waals surface area contributed by atoms with Crippen LogP contribution in [0.1, 0.15) is 23.5 Å². The van der Waals surface area contributed by atoms with Crippen molar-refractivity contribution in [1.82, 2.24) is 0 Å². The van der Waals surface area contributed by atoms with Crippen LogP contribution in [0.5, 0.6) is 0 Å². The highest BCUT2D eigenvalue weighted by Crippen LogP contribution is 2.26. The molecule has 0 fully saturated rings. The van der Waals surface area contributed by atoms with Gasteiger partial charge < -0.3 is 0 Å². The fourth-order valence-corrected chi connectivity index (χ4v) is 1.89. The van der Waals surface area contributed by atoms with Gasteiger partial charge in [0.2, 0.25) is 0 Å². The highest BCUT2D eigenvalue weighted by molar-refractivity contribution is 5.33. The van der Waals surface area contributed by atoms with Gasteiger partial charge in [-0.25, -0.2) is 0 Å². The minimum absolute atomic E-state index is 0.187. The third-order valence-electron chi connectivity index (χ3n) is 2.70. The zero-order valence-corrected chi connectivity index (χ0v) is 9.01. The van der Waals surface area contributed by atoms with Gasteiger partial charge in [0.05, 0.1) is 6.07 Å². The van der Waals surface area contributed by atoms with E-state index in [1.165, 1.54) is 11.1 Å². The van der Waals surface area contributed by atoms with Gasteiger partial charge in [0.15, 0.2) is 0 Å². The number of nitrogens with zero attached hydrogens (tertiary/aromatic N) is 1. The van der Waals surface area contributed by atoms with Crippen molar-refractivity contribution in [2.45, 2.75) is 12.3 Å². The second-order valence-electron chi connectivity index (χ2n) is 3.74. The molecule has 16 heavy (non-hydrogen) atoms. The molecule has 2 rings (SSSR count). The van der Waals surface area contributed by atoms with E-state index >= 15 is 0 Å². The quantitative estimate of drug-likeness (QED) is 0.752. The van der Waals surface area contributed by atoms with Gasteiger partial charge in [0, 0.05) is 12.3 Å². The van der Waals surface area contributed by atoms with E-state index in [1.807, 2.05) is 36.4 Å². The molecule has 2 aromatic carbocycles. The van der Waals surface area contributed by atoms with Crippen molar-refractivity contribution < 1.29 is 0 Å². The molecule has 2 aromatic rings. The maximum Gasteiger partial charge on any atom is 0.0631 e. The van der Waals surface area contributed by atoms with Crippen LogP contribution in [-0.4, -0.2) is 0 Å². The van der Waals surface area contributed by atoms with Crippen LogP contribution in [-0.2, 0) is 0 Å². The molecule has 0 atom stereocenters. The maximum atomic E-state index is 8.91. The monoisotopic (exact) mass is 207 g/mol. The lowest BCUT2D eigenvalue weighted by atomic mass is 9.89. The van der Waals surface area contributed by atoms with Gasteiger partial charge in [0.1, 0.15) is 0 Å². The minimum Gasteiger partial charge on any atom is -0.198 e. The van der Waals surface area contributed by atoms with E-state index in [0.29, 0.717) is 6.42 Å². The molecule has 1 nitrogen and oxygen atoms in total. The molecule has 0 aliphatic carbocycles. The molecule has 78 valence electrons. The average molecular weight is 207 g/mol. The molecule has 0 saturated heterocycles. The van der Waals surface area contributed by atoms with Crippen molar-refractivity contribution in [2.75, 3.05) is 0 Å². The zero-order chi connectivity index (χ0) is 11.2. The molecule has 0 spiro atoms. The van der Waals surface area contributed by atoms with E-state index in [-0.39, 0.29) is 5.92 Å². The van der Waals surface area contributed by atoms with Crippen molar-refractivity contribution in [2.24, 2.45) is 0 Å². The number of nitriles is 1. The first-order valence-corrected chi connectivity index (χ1v) is 5.38. The summed E-state index contributed by atoms with van der Waals surface area (Å²) in [6.45, 7) is 0. The Morgan fingerprint density at radius 1 is 0.812 bits per heavy atom. The number of benzene rings is 2. The zero-order valence-electron chi connectivity index (χ0n) is 9.01. The van der Waals surface area contributed by atoms with E-state index in [4.69, 9.17) is 5.26 Å². The predicted molar refractivity (Wildman–Crippen MR) is 65.0 cm³/mol. The van der Waals surface area contributed by atoms with Crippen LogP contribution < -0.4 is 0 Å². The summed E-state index contributed by atoms with van der Waals surface area (Å²) in [6.07, 6.45) is 0.522. The second-order valence-corrected chi connectivity index (χ2v) is 3.74. The van der Waals surface area contributed by atoms with Crippen molar-refractivity contribution in [3.8, 4) is 6.07 Å². The fourth-order valence-electron chi connectivity index (χ4n) is 1.89. The van der Waals surface area contributed by atoms with Crippen LogP contribution in [0, 0.1) is 11.3 Å². The molecular weight excluding hydrogens is 194 g/mol. The Kier molecular flexibility index (Phi) is 3.35. The first-order valence-electron chi connectivity index (χ1n) is 5.38. The molecule has 0 saturated carbocycles. The number of hydrogen-bond acceptors (Lipinski definition) is 1. The highest BCUT2D eigenvalue weighted by atomic mass is 14.3. The molecule has 0 bridgehead atoms. The van der Waals surface area contributed by atoms with Crippen molar-refractivity contribution in [3.05, 3.63) is 71.8 Å². The standard InChI is InChI=1S/C15H13N/c16-12-11-15(13-7-3-1-4-8-13)14-9-5-2-6-10-14/h1-10,15H,11H2. The molecule has 0 unspecified atom stereocenters. The van der Waals surface area contributed by atoms with Crippen LogP contribution in [0.4, 0.5) is 0 Å². The fraction of sp³-hybridized carbons (Fsp3) is 0.133. The van der Waals surface area contributed by atoms with Gasteiger partial charge in [-0.15, -0.1) is 0 Å². The average Bonchev–Trinajstić information content (AvgIpc) is 2.38. The van der Waals surface area contributed by atoms with Crippen LogP contribution in [0.15, 0.2) is 60.7 Å². The Bertz CT molecular complexity index is 428. The summed E-state index contributed by atoms with van der Waals surface area (Å²) in [5, 5.41) is 8.91. The van der Waals surface area contributed by atoms with Gasteiger partial charge in [-0.1, -0.05) is 60.7 Å². The smallest absolute Gasteiger partial charge is 0.0631 e.